The van der Waals surface area contributed by atoms with Crippen LogP contribution in [0, 0.1) is 0 Å². The van der Waals surface area contributed by atoms with Crippen molar-refractivity contribution in [3.63, 3.8) is 0 Å². The van der Waals surface area contributed by atoms with E-state index in [1.807, 2.05) is 36.3 Å². The van der Waals surface area contributed by atoms with E-state index >= 15 is 0 Å². The lowest BCUT2D eigenvalue weighted by molar-refractivity contribution is 0.150. The van der Waals surface area contributed by atoms with E-state index in [-0.39, 0.29) is 24.2 Å². The number of hydrogen-bond donors (Lipinski definition) is 2. The first-order chi connectivity index (χ1) is 13.6. The lowest BCUT2D eigenvalue weighted by Crippen LogP contribution is -2.51. The van der Waals surface area contributed by atoms with Gasteiger partial charge in [-0.25, -0.2) is 14.8 Å². The van der Waals surface area contributed by atoms with Gasteiger partial charge in [0.15, 0.2) is 0 Å². The van der Waals surface area contributed by atoms with Crippen LogP contribution in [-0.4, -0.2) is 48.8 Å². The van der Waals surface area contributed by atoms with Crippen molar-refractivity contribution in [2.45, 2.75) is 43.8 Å². The molecule has 3 N–H and O–H groups in total. The van der Waals surface area contributed by atoms with Gasteiger partial charge in [0, 0.05) is 54.6 Å². The Morgan fingerprint density at radius 3 is 2.71 bits per heavy atom. The van der Waals surface area contributed by atoms with Crippen LogP contribution in [0.5, 0.6) is 0 Å². The molecule has 8 nitrogen and oxygen atoms in total. The molecule has 5 rings (SSSR count). The minimum Gasteiger partial charge on any atom is -0.328 e. The minimum atomic E-state index is -0.0883. The molecule has 2 fully saturated rings. The number of carbonyl (C=O) groups excluding carboxylic acids is 1. The maximum Gasteiger partial charge on any atom is 0.323 e. The number of aryl methyl sites for hydroxylation is 1. The molecule has 144 valence electrons. The number of piperidine rings is 1. The summed E-state index contributed by atoms with van der Waals surface area (Å²) < 4.78 is 1.75. The van der Waals surface area contributed by atoms with Gasteiger partial charge >= 0.3 is 6.03 Å². The van der Waals surface area contributed by atoms with Crippen molar-refractivity contribution in [3.05, 3.63) is 36.8 Å². The van der Waals surface area contributed by atoms with Crippen LogP contribution < -0.4 is 11.1 Å². The van der Waals surface area contributed by atoms with E-state index in [1.54, 1.807) is 17.1 Å². The Labute approximate surface area is 162 Å². The number of urea groups is 1. The van der Waals surface area contributed by atoms with Gasteiger partial charge in [0.1, 0.15) is 5.82 Å². The van der Waals surface area contributed by atoms with E-state index in [4.69, 9.17) is 10.7 Å². The van der Waals surface area contributed by atoms with Gasteiger partial charge in [0.2, 0.25) is 0 Å². The smallest absolute Gasteiger partial charge is 0.323 e. The summed E-state index contributed by atoms with van der Waals surface area (Å²) in [5, 5.41) is 8.09. The van der Waals surface area contributed by atoms with E-state index in [0.29, 0.717) is 5.82 Å². The molecule has 0 aromatic carbocycles. The molecule has 2 aliphatic heterocycles. The lowest BCUT2D eigenvalue weighted by Gasteiger charge is -2.37. The topological polar surface area (TPSA) is 102 Å². The first-order valence-electron chi connectivity index (χ1n) is 9.67. The molecule has 2 saturated heterocycles. The Kier molecular flexibility index (Phi) is 4.01. The molecule has 3 aromatic rings. The van der Waals surface area contributed by atoms with E-state index in [1.165, 1.54) is 0 Å². The maximum atomic E-state index is 12.9. The first kappa shape index (κ1) is 17.1. The van der Waals surface area contributed by atoms with Crippen LogP contribution in [-0.2, 0) is 7.05 Å². The van der Waals surface area contributed by atoms with Crippen molar-refractivity contribution in [1.82, 2.24) is 24.6 Å². The van der Waals surface area contributed by atoms with E-state index < -0.39 is 0 Å². The van der Waals surface area contributed by atoms with E-state index in [0.717, 1.165) is 47.8 Å². The molecule has 0 radical (unpaired) electrons. The number of anilines is 1. The SMILES string of the molecule is Cn1cc(-c2ccc3cnc(NC(=O)N4[C@@H]5CC[C@H]4C[C@H](N)C5)cc3n2)cn1. The number of amides is 2. The first-order valence-corrected chi connectivity index (χ1v) is 9.67. The zero-order chi connectivity index (χ0) is 19.3. The minimum absolute atomic E-state index is 0.0883. The average Bonchev–Trinajstić information content (AvgIpc) is 3.22. The van der Waals surface area contributed by atoms with Crippen LogP contribution in [0.25, 0.3) is 22.2 Å². The molecule has 0 aliphatic carbocycles. The molecule has 0 spiro atoms. The van der Waals surface area contributed by atoms with E-state index in [2.05, 4.69) is 15.4 Å². The number of nitrogens with zero attached hydrogens (tertiary/aromatic N) is 5. The van der Waals surface area contributed by atoms with Crippen LogP contribution in [0.15, 0.2) is 36.8 Å². The number of hydrogen-bond acceptors (Lipinski definition) is 5. The van der Waals surface area contributed by atoms with Gasteiger partial charge in [0.25, 0.3) is 0 Å². The van der Waals surface area contributed by atoms with Gasteiger partial charge in [-0.1, -0.05) is 0 Å². The summed E-state index contributed by atoms with van der Waals surface area (Å²) in [4.78, 5) is 23.9. The zero-order valence-electron chi connectivity index (χ0n) is 15.7. The fourth-order valence-corrected chi connectivity index (χ4v) is 4.52. The third-order valence-corrected chi connectivity index (χ3v) is 5.81. The number of carbonyl (C=O) groups is 1. The van der Waals surface area contributed by atoms with E-state index in [9.17, 15) is 4.79 Å². The Morgan fingerprint density at radius 2 is 2.00 bits per heavy atom. The van der Waals surface area contributed by atoms with Gasteiger partial charge in [0.05, 0.1) is 17.4 Å². The molecule has 2 bridgehead atoms. The second kappa shape index (κ2) is 6.56. The maximum absolute atomic E-state index is 12.9. The summed E-state index contributed by atoms with van der Waals surface area (Å²) in [5.74, 6) is 0.516. The highest BCUT2D eigenvalue weighted by atomic mass is 16.2. The summed E-state index contributed by atoms with van der Waals surface area (Å²) in [6, 6.07) is 6.35. The third-order valence-electron chi connectivity index (χ3n) is 5.81. The van der Waals surface area contributed by atoms with Crippen LogP contribution in [0.4, 0.5) is 10.6 Å². The molecule has 28 heavy (non-hydrogen) atoms. The molecule has 8 heteroatoms. The van der Waals surface area contributed by atoms with Crippen molar-refractivity contribution in [2.24, 2.45) is 12.8 Å². The molecule has 0 unspecified atom stereocenters. The highest BCUT2D eigenvalue weighted by molar-refractivity contribution is 5.91. The van der Waals surface area contributed by atoms with Crippen molar-refractivity contribution in [2.75, 3.05) is 5.32 Å². The average molecular weight is 377 g/mol. The largest absolute Gasteiger partial charge is 0.328 e. The lowest BCUT2D eigenvalue weighted by atomic mass is 9.99. The summed E-state index contributed by atoms with van der Waals surface area (Å²) >= 11 is 0. The van der Waals surface area contributed by atoms with Crippen molar-refractivity contribution >= 4 is 22.8 Å². The van der Waals surface area contributed by atoms with Gasteiger partial charge in [-0.05, 0) is 37.8 Å². The molecule has 3 atom stereocenters. The van der Waals surface area contributed by atoms with Crippen molar-refractivity contribution in [3.8, 4) is 11.3 Å². The van der Waals surface area contributed by atoms with Gasteiger partial charge in [-0.2, -0.15) is 5.10 Å². The summed E-state index contributed by atoms with van der Waals surface area (Å²) in [6.07, 6.45) is 9.28. The number of rotatable bonds is 2. The molecule has 2 aliphatic rings. The number of nitrogens with one attached hydrogen (secondary N) is 1. The highest BCUT2D eigenvalue weighted by Crippen LogP contribution is 2.35. The predicted octanol–water partition coefficient (Wildman–Crippen LogP) is 2.52. The fraction of sp³-hybridized carbons (Fsp3) is 0.400. The standard InChI is InChI=1S/C20H23N7O/c1-26-11-13(10-23-26)17-5-2-12-9-22-19(8-18(12)24-17)25-20(28)27-15-3-4-16(27)7-14(21)6-15/h2,5,8-11,14-16H,3-4,6-7,21H2,1H3,(H,22,25,28)/t14-,15-,16+. The van der Waals surface area contributed by atoms with Gasteiger partial charge in [-0.15, -0.1) is 0 Å². The number of pyridine rings is 2. The highest BCUT2D eigenvalue weighted by Gasteiger charge is 2.42. The predicted molar refractivity (Wildman–Crippen MR) is 107 cm³/mol. The molecular weight excluding hydrogens is 354 g/mol. The van der Waals surface area contributed by atoms with Crippen LogP contribution in [0.2, 0.25) is 0 Å². The van der Waals surface area contributed by atoms with Crippen LogP contribution in [0.3, 0.4) is 0 Å². The molecule has 0 saturated carbocycles. The monoisotopic (exact) mass is 377 g/mol. The summed E-state index contributed by atoms with van der Waals surface area (Å²) in [6.45, 7) is 0. The molecule has 2 amide bonds. The Morgan fingerprint density at radius 1 is 1.21 bits per heavy atom. The molecule has 3 aromatic heterocycles. The van der Waals surface area contributed by atoms with Crippen molar-refractivity contribution < 1.29 is 4.79 Å². The fourth-order valence-electron chi connectivity index (χ4n) is 4.52. The molecular formula is C20H23N7O. The Balaban J connectivity index is 1.39. The normalized spacial score (nSPS) is 23.9. The quantitative estimate of drug-likeness (QED) is 0.714. The number of nitrogens with two attached hydrogens (primary N) is 1. The zero-order valence-corrected chi connectivity index (χ0v) is 15.7. The van der Waals surface area contributed by atoms with Crippen molar-refractivity contribution in [1.29, 1.82) is 0 Å². The molecule has 5 heterocycles. The second-order valence-electron chi connectivity index (χ2n) is 7.82. The summed E-state index contributed by atoms with van der Waals surface area (Å²) in [7, 11) is 1.88. The van der Waals surface area contributed by atoms with Crippen LogP contribution >= 0.6 is 0 Å². The summed E-state index contributed by atoms with van der Waals surface area (Å²) in [5.41, 5.74) is 8.69. The Hall–Kier alpha value is -3.00. The number of fused-ring (bicyclic) bond motifs is 3. The van der Waals surface area contributed by atoms with Crippen LogP contribution in [0.1, 0.15) is 25.7 Å². The van der Waals surface area contributed by atoms with Gasteiger partial charge in [-0.3, -0.25) is 10.00 Å². The third kappa shape index (κ3) is 2.99. The number of aromatic nitrogens is 4. The Bertz CT molecular complexity index is 1030. The second-order valence-corrected chi connectivity index (χ2v) is 7.82. The van der Waals surface area contributed by atoms with Gasteiger partial charge < -0.3 is 10.6 Å².